The van der Waals surface area contributed by atoms with Gasteiger partial charge >= 0.3 is 0 Å². The second-order valence-corrected chi connectivity index (χ2v) is 4.53. The summed E-state index contributed by atoms with van der Waals surface area (Å²) in [5, 5.41) is 18.2. The lowest BCUT2D eigenvalue weighted by molar-refractivity contribution is -0.123. The number of nitrogens with two attached hydrogens (primary N) is 1. The van der Waals surface area contributed by atoms with Crippen LogP contribution in [0.3, 0.4) is 0 Å². The van der Waals surface area contributed by atoms with Gasteiger partial charge in [-0.1, -0.05) is 0 Å². The van der Waals surface area contributed by atoms with Crippen LogP contribution < -0.4 is 11.2 Å². The molecule has 0 aliphatic heterocycles. The van der Waals surface area contributed by atoms with E-state index in [2.05, 4.69) is 0 Å². The number of aromatic hydroxyl groups is 1. The first kappa shape index (κ1) is 15.4. The quantitative estimate of drug-likeness (QED) is 0.600. The molecular weight excluding hydrogens is 248 g/mol. The molecule has 0 saturated heterocycles. The number of aliphatic hydroxyl groups excluding tert-OH is 1. The van der Waals surface area contributed by atoms with Crippen LogP contribution in [-0.4, -0.2) is 33.2 Å². The lowest BCUT2D eigenvalue weighted by Gasteiger charge is -2.12. The normalized spacial score (nSPS) is 12.4. The standard InChI is InChI=1S/C13H20N2O4/c1-9-13(19)11(17)5-7-15(9)6-3-2-4-10(14)12(18)8-16/h5,7,10,16,19H,2-4,6,8,14H2,1H3/t10-/m1/s1. The maximum atomic E-state index is 11.2. The zero-order chi connectivity index (χ0) is 14.4. The van der Waals surface area contributed by atoms with Gasteiger partial charge in [0, 0.05) is 18.8 Å². The lowest BCUT2D eigenvalue weighted by Crippen LogP contribution is -2.32. The average Bonchev–Trinajstić information content (AvgIpc) is 2.41. The highest BCUT2D eigenvalue weighted by atomic mass is 16.3. The van der Waals surface area contributed by atoms with Gasteiger partial charge in [0.15, 0.2) is 11.5 Å². The predicted molar refractivity (Wildman–Crippen MR) is 71.0 cm³/mol. The number of carbonyl (C=O) groups excluding carboxylic acids is 1. The molecule has 1 atom stereocenters. The van der Waals surface area contributed by atoms with E-state index in [1.165, 1.54) is 6.07 Å². The molecule has 0 spiro atoms. The summed E-state index contributed by atoms with van der Waals surface area (Å²) in [5.74, 6) is -0.577. The van der Waals surface area contributed by atoms with Crippen LogP contribution in [0.1, 0.15) is 25.0 Å². The first-order valence-corrected chi connectivity index (χ1v) is 6.25. The smallest absolute Gasteiger partial charge is 0.223 e. The fourth-order valence-corrected chi connectivity index (χ4v) is 1.83. The van der Waals surface area contributed by atoms with Crippen molar-refractivity contribution >= 4 is 5.78 Å². The number of aliphatic hydroxyl groups is 1. The molecular formula is C13H20N2O4. The Hall–Kier alpha value is -1.66. The van der Waals surface area contributed by atoms with Gasteiger partial charge in [0.25, 0.3) is 0 Å². The number of hydrogen-bond donors (Lipinski definition) is 3. The molecule has 1 heterocycles. The van der Waals surface area contributed by atoms with Gasteiger partial charge in [-0.2, -0.15) is 0 Å². The Morgan fingerprint density at radius 2 is 2.16 bits per heavy atom. The van der Waals surface area contributed by atoms with E-state index in [0.29, 0.717) is 18.7 Å². The van der Waals surface area contributed by atoms with Crippen molar-refractivity contribution in [3.05, 3.63) is 28.2 Å². The number of Topliss-reactive ketones (excluding diaryl/α,β-unsaturated/α-hetero) is 1. The summed E-state index contributed by atoms with van der Waals surface area (Å²) in [6.07, 6.45) is 3.66. The van der Waals surface area contributed by atoms with E-state index in [0.717, 1.165) is 12.8 Å². The number of nitrogens with zero attached hydrogens (tertiary/aromatic N) is 1. The van der Waals surface area contributed by atoms with Gasteiger partial charge in [0.1, 0.15) is 6.61 Å². The number of unbranched alkanes of at least 4 members (excludes halogenated alkanes) is 1. The van der Waals surface area contributed by atoms with Crippen molar-refractivity contribution in [2.24, 2.45) is 5.73 Å². The van der Waals surface area contributed by atoms with Crippen molar-refractivity contribution < 1.29 is 15.0 Å². The summed E-state index contributed by atoms with van der Waals surface area (Å²) in [5.41, 5.74) is 5.73. The maximum Gasteiger partial charge on any atom is 0.223 e. The second kappa shape index (κ2) is 7.06. The van der Waals surface area contributed by atoms with Crippen LogP contribution >= 0.6 is 0 Å². The molecule has 1 rings (SSSR count). The van der Waals surface area contributed by atoms with E-state index >= 15 is 0 Å². The van der Waals surface area contributed by atoms with Gasteiger partial charge in [0.05, 0.1) is 11.7 Å². The van der Waals surface area contributed by atoms with E-state index in [9.17, 15) is 14.7 Å². The van der Waals surface area contributed by atoms with Crippen LogP contribution in [0.15, 0.2) is 17.1 Å². The van der Waals surface area contributed by atoms with Crippen LogP contribution in [0.5, 0.6) is 5.75 Å². The Morgan fingerprint density at radius 3 is 2.79 bits per heavy atom. The number of carbonyl (C=O) groups is 1. The highest BCUT2D eigenvalue weighted by Crippen LogP contribution is 2.11. The molecule has 0 aliphatic rings. The number of pyridine rings is 1. The minimum absolute atomic E-state index is 0.227. The number of rotatable bonds is 7. The van der Waals surface area contributed by atoms with E-state index in [-0.39, 0.29) is 17.0 Å². The Morgan fingerprint density at radius 1 is 1.47 bits per heavy atom. The van der Waals surface area contributed by atoms with Crippen molar-refractivity contribution in [2.75, 3.05) is 6.61 Å². The number of aryl methyl sites for hydroxylation is 1. The summed E-state index contributed by atoms with van der Waals surface area (Å²) in [6, 6.07) is 0.706. The summed E-state index contributed by atoms with van der Waals surface area (Å²) >= 11 is 0. The zero-order valence-corrected chi connectivity index (χ0v) is 11.0. The van der Waals surface area contributed by atoms with Gasteiger partial charge in [-0.15, -0.1) is 0 Å². The van der Waals surface area contributed by atoms with Gasteiger partial charge in [-0.05, 0) is 26.2 Å². The Kier molecular flexibility index (Phi) is 5.72. The third kappa shape index (κ3) is 4.18. The fraction of sp³-hybridized carbons (Fsp3) is 0.538. The molecule has 4 N–H and O–H groups in total. The van der Waals surface area contributed by atoms with Crippen molar-refractivity contribution in [1.82, 2.24) is 4.57 Å². The Bertz CT molecular complexity index is 496. The van der Waals surface area contributed by atoms with Gasteiger partial charge in [-0.25, -0.2) is 0 Å². The highest BCUT2D eigenvalue weighted by molar-refractivity contribution is 5.84. The molecule has 0 bridgehead atoms. The topological polar surface area (TPSA) is 106 Å². The van der Waals surface area contributed by atoms with E-state index in [1.54, 1.807) is 17.7 Å². The molecule has 6 nitrogen and oxygen atoms in total. The summed E-state index contributed by atoms with van der Waals surface area (Å²) in [7, 11) is 0. The SMILES string of the molecule is Cc1c(O)c(=O)ccn1CCCC[C@@H](N)C(=O)CO. The third-order valence-corrected chi connectivity index (χ3v) is 3.15. The molecule has 0 unspecified atom stereocenters. The molecule has 0 amide bonds. The Labute approximate surface area is 111 Å². The first-order chi connectivity index (χ1) is 8.97. The summed E-state index contributed by atoms with van der Waals surface area (Å²) < 4.78 is 1.79. The van der Waals surface area contributed by atoms with Crippen molar-refractivity contribution in [3.63, 3.8) is 0 Å². The molecule has 106 valence electrons. The fourth-order valence-electron chi connectivity index (χ4n) is 1.83. The van der Waals surface area contributed by atoms with Gasteiger partial charge in [-0.3, -0.25) is 9.59 Å². The number of aromatic nitrogens is 1. The van der Waals surface area contributed by atoms with Crippen LogP contribution in [0.25, 0.3) is 0 Å². The molecule has 0 aliphatic carbocycles. The largest absolute Gasteiger partial charge is 0.503 e. The van der Waals surface area contributed by atoms with Crippen LogP contribution in [0.2, 0.25) is 0 Å². The molecule has 0 radical (unpaired) electrons. The predicted octanol–water partition coefficient (Wildman–Crippen LogP) is -0.0787. The van der Waals surface area contributed by atoms with Crippen LogP contribution in [0, 0.1) is 6.92 Å². The molecule has 6 heteroatoms. The van der Waals surface area contributed by atoms with Crippen molar-refractivity contribution in [1.29, 1.82) is 0 Å². The zero-order valence-electron chi connectivity index (χ0n) is 11.0. The molecule has 0 fully saturated rings. The number of ketones is 1. The highest BCUT2D eigenvalue weighted by Gasteiger charge is 2.11. The van der Waals surface area contributed by atoms with Crippen LogP contribution in [-0.2, 0) is 11.3 Å². The summed E-state index contributed by atoms with van der Waals surface area (Å²) in [4.78, 5) is 22.2. The minimum Gasteiger partial charge on any atom is -0.503 e. The molecule has 19 heavy (non-hydrogen) atoms. The third-order valence-electron chi connectivity index (χ3n) is 3.15. The van der Waals surface area contributed by atoms with Crippen molar-refractivity contribution in [2.45, 2.75) is 38.8 Å². The molecule has 1 aromatic rings. The van der Waals surface area contributed by atoms with E-state index < -0.39 is 12.6 Å². The summed E-state index contributed by atoms with van der Waals surface area (Å²) in [6.45, 7) is 1.80. The number of hydrogen-bond acceptors (Lipinski definition) is 5. The van der Waals surface area contributed by atoms with E-state index in [1.807, 2.05) is 0 Å². The second-order valence-electron chi connectivity index (χ2n) is 4.53. The van der Waals surface area contributed by atoms with Crippen molar-refractivity contribution in [3.8, 4) is 5.75 Å². The molecule has 0 saturated carbocycles. The van der Waals surface area contributed by atoms with Gasteiger partial charge in [0.2, 0.25) is 5.43 Å². The van der Waals surface area contributed by atoms with Gasteiger partial charge < -0.3 is 20.5 Å². The first-order valence-electron chi connectivity index (χ1n) is 6.25. The van der Waals surface area contributed by atoms with E-state index in [4.69, 9.17) is 10.8 Å². The molecule has 0 aromatic carbocycles. The lowest BCUT2D eigenvalue weighted by atomic mass is 10.1. The maximum absolute atomic E-state index is 11.2. The average molecular weight is 268 g/mol. The minimum atomic E-state index is -0.617. The Balaban J connectivity index is 2.44. The monoisotopic (exact) mass is 268 g/mol. The molecule has 1 aromatic heterocycles. The van der Waals surface area contributed by atoms with Crippen LogP contribution in [0.4, 0.5) is 0 Å².